The minimum atomic E-state index is -0.545. The van der Waals surface area contributed by atoms with Crippen LogP contribution in [0, 0.1) is 0 Å². The minimum Gasteiger partial charge on any atom is -0.394 e. The minimum absolute atomic E-state index is 0.106. The van der Waals surface area contributed by atoms with Crippen LogP contribution < -0.4 is 5.32 Å². The summed E-state index contributed by atoms with van der Waals surface area (Å²) in [5, 5.41) is 19.6. The van der Waals surface area contributed by atoms with Crippen LogP contribution in [0.2, 0.25) is 15.1 Å². The van der Waals surface area contributed by atoms with Crippen molar-refractivity contribution in [1.82, 2.24) is 15.1 Å². The molecular formula is C30H28Cl3N3O2. The Morgan fingerprint density at radius 2 is 1.79 bits per heavy atom. The van der Waals surface area contributed by atoms with E-state index >= 15 is 0 Å². The predicted molar refractivity (Wildman–Crippen MR) is 153 cm³/mol. The number of fused-ring (bicyclic) bond motifs is 1. The van der Waals surface area contributed by atoms with Gasteiger partial charge in [0, 0.05) is 21.5 Å². The molecule has 0 saturated carbocycles. The molecule has 0 spiro atoms. The molecule has 5 nitrogen and oxygen atoms in total. The molecule has 2 N–H and O–H groups in total. The van der Waals surface area contributed by atoms with Crippen LogP contribution in [0.1, 0.15) is 64.1 Å². The highest BCUT2D eigenvalue weighted by Gasteiger charge is 2.32. The van der Waals surface area contributed by atoms with Crippen molar-refractivity contribution < 1.29 is 9.90 Å². The number of aliphatic hydroxyl groups excluding tert-OH is 1. The fourth-order valence-corrected chi connectivity index (χ4v) is 5.97. The average Bonchev–Trinajstić information content (AvgIpc) is 3.16. The van der Waals surface area contributed by atoms with Gasteiger partial charge in [0.25, 0.3) is 5.91 Å². The largest absolute Gasteiger partial charge is 0.394 e. The number of nitrogens with zero attached hydrogens (tertiary/aromatic N) is 2. The summed E-state index contributed by atoms with van der Waals surface area (Å²) in [7, 11) is 0. The maximum absolute atomic E-state index is 13.7. The third kappa shape index (κ3) is 5.76. The van der Waals surface area contributed by atoms with Crippen LogP contribution in [0.15, 0.2) is 72.8 Å². The number of rotatable bonds is 7. The van der Waals surface area contributed by atoms with Gasteiger partial charge in [-0.05, 0) is 67.1 Å². The first-order valence-electron chi connectivity index (χ1n) is 12.7. The summed E-state index contributed by atoms with van der Waals surface area (Å²) in [5.41, 5.74) is 4.89. The topological polar surface area (TPSA) is 67.2 Å². The zero-order valence-corrected chi connectivity index (χ0v) is 23.0. The van der Waals surface area contributed by atoms with Crippen molar-refractivity contribution in [2.45, 2.75) is 44.1 Å². The maximum atomic E-state index is 13.7. The standard InChI is InChI=1S/C30H28Cl3N3O2/c31-22-11-6-7-19(16-22)15-21-10-4-5-12-24-28(30(38)34-26(18-37)20-8-2-1-3-9-20)35-36(29(21)24)27-14-13-23(32)17-25(27)33/h1-3,6-9,11,13-14,16-17,21,26,37H,4-5,10,12,15,18H2,(H,34,38)/t21-,26-/m1/s1. The molecule has 1 amide bonds. The number of carbonyl (C=O) groups excluding carboxylic acids is 1. The summed E-state index contributed by atoms with van der Waals surface area (Å²) in [6.07, 6.45) is 4.40. The lowest BCUT2D eigenvalue weighted by Crippen LogP contribution is -2.31. The average molecular weight is 569 g/mol. The van der Waals surface area contributed by atoms with Gasteiger partial charge in [0.15, 0.2) is 5.69 Å². The smallest absolute Gasteiger partial charge is 0.272 e. The zero-order valence-electron chi connectivity index (χ0n) is 20.7. The van der Waals surface area contributed by atoms with Gasteiger partial charge < -0.3 is 10.4 Å². The van der Waals surface area contributed by atoms with Gasteiger partial charge in [0.05, 0.1) is 29.1 Å². The first-order valence-corrected chi connectivity index (χ1v) is 13.9. The zero-order chi connectivity index (χ0) is 26.6. The number of hydrogen-bond acceptors (Lipinski definition) is 3. The number of aliphatic hydroxyl groups is 1. The lowest BCUT2D eigenvalue weighted by Gasteiger charge is -2.19. The van der Waals surface area contributed by atoms with Gasteiger partial charge >= 0.3 is 0 Å². The molecule has 1 heterocycles. The summed E-state index contributed by atoms with van der Waals surface area (Å²) in [6.45, 7) is -0.223. The van der Waals surface area contributed by atoms with Gasteiger partial charge in [0.2, 0.25) is 0 Å². The fraction of sp³-hybridized carbons (Fsp3) is 0.267. The van der Waals surface area contributed by atoms with Crippen LogP contribution in [-0.4, -0.2) is 27.4 Å². The molecule has 5 rings (SSSR count). The van der Waals surface area contributed by atoms with Crippen molar-refractivity contribution in [2.75, 3.05) is 6.61 Å². The molecule has 2 atom stereocenters. The highest BCUT2D eigenvalue weighted by molar-refractivity contribution is 6.35. The Hall–Kier alpha value is -2.83. The van der Waals surface area contributed by atoms with Crippen LogP contribution in [0.4, 0.5) is 0 Å². The number of amides is 1. The number of nitrogens with one attached hydrogen (secondary N) is 1. The summed E-state index contributed by atoms with van der Waals surface area (Å²) in [4.78, 5) is 13.7. The molecule has 1 aromatic heterocycles. The fourth-order valence-electron chi connectivity index (χ4n) is 5.27. The van der Waals surface area contributed by atoms with Gasteiger partial charge in [-0.15, -0.1) is 0 Å². The van der Waals surface area contributed by atoms with Crippen LogP contribution in [0.5, 0.6) is 0 Å². The molecule has 0 aliphatic heterocycles. The van der Waals surface area contributed by atoms with Crippen LogP contribution in [-0.2, 0) is 12.8 Å². The van der Waals surface area contributed by atoms with E-state index in [1.807, 2.05) is 59.3 Å². The van der Waals surface area contributed by atoms with Gasteiger partial charge in [-0.2, -0.15) is 5.10 Å². The molecule has 1 aliphatic carbocycles. The molecule has 0 unspecified atom stereocenters. The number of carbonyl (C=O) groups is 1. The lowest BCUT2D eigenvalue weighted by molar-refractivity contribution is 0.0909. The van der Waals surface area contributed by atoms with Crippen LogP contribution in [0.3, 0.4) is 0 Å². The third-order valence-corrected chi connectivity index (χ3v) is 7.83. The van der Waals surface area contributed by atoms with Crippen molar-refractivity contribution >= 4 is 40.7 Å². The molecule has 0 saturated heterocycles. The highest BCUT2D eigenvalue weighted by atomic mass is 35.5. The lowest BCUT2D eigenvalue weighted by atomic mass is 9.91. The summed E-state index contributed by atoms with van der Waals surface area (Å²) in [6, 6.07) is 22.1. The van der Waals surface area contributed by atoms with E-state index in [9.17, 15) is 9.90 Å². The molecule has 38 heavy (non-hydrogen) atoms. The van der Waals surface area contributed by atoms with Crippen molar-refractivity contribution in [3.63, 3.8) is 0 Å². The number of aromatic nitrogens is 2. The molecule has 1 aliphatic rings. The number of halogens is 3. The van der Waals surface area contributed by atoms with E-state index in [-0.39, 0.29) is 18.4 Å². The van der Waals surface area contributed by atoms with Gasteiger partial charge in [0.1, 0.15) is 0 Å². The Morgan fingerprint density at radius 3 is 2.53 bits per heavy atom. The molecule has 0 fully saturated rings. The Balaban J connectivity index is 1.60. The van der Waals surface area contributed by atoms with E-state index in [1.54, 1.807) is 12.1 Å². The monoisotopic (exact) mass is 567 g/mol. The molecule has 0 radical (unpaired) electrons. The summed E-state index contributed by atoms with van der Waals surface area (Å²) >= 11 is 19.1. The second-order valence-electron chi connectivity index (χ2n) is 9.62. The first-order chi connectivity index (χ1) is 18.4. The van der Waals surface area contributed by atoms with E-state index in [2.05, 4.69) is 11.4 Å². The molecule has 3 aromatic carbocycles. The summed E-state index contributed by atoms with van der Waals surface area (Å²) in [5.74, 6) is -0.217. The van der Waals surface area contributed by atoms with Crippen molar-refractivity contribution in [3.8, 4) is 5.69 Å². The van der Waals surface area contributed by atoms with Crippen molar-refractivity contribution in [3.05, 3.63) is 116 Å². The third-order valence-electron chi connectivity index (χ3n) is 7.05. The number of hydrogen-bond donors (Lipinski definition) is 2. The highest BCUT2D eigenvalue weighted by Crippen LogP contribution is 2.38. The second kappa shape index (κ2) is 11.9. The second-order valence-corrected chi connectivity index (χ2v) is 10.9. The number of benzene rings is 3. The van der Waals surface area contributed by atoms with Crippen molar-refractivity contribution in [2.24, 2.45) is 0 Å². The Morgan fingerprint density at radius 1 is 1.00 bits per heavy atom. The Kier molecular flexibility index (Phi) is 8.39. The van der Waals surface area contributed by atoms with E-state index in [4.69, 9.17) is 39.9 Å². The van der Waals surface area contributed by atoms with Crippen LogP contribution in [0.25, 0.3) is 5.69 Å². The summed E-state index contributed by atoms with van der Waals surface area (Å²) < 4.78 is 1.82. The predicted octanol–water partition coefficient (Wildman–Crippen LogP) is 7.35. The van der Waals surface area contributed by atoms with E-state index in [0.29, 0.717) is 26.4 Å². The maximum Gasteiger partial charge on any atom is 0.272 e. The molecule has 0 bridgehead atoms. The van der Waals surface area contributed by atoms with Crippen LogP contribution >= 0.6 is 34.8 Å². The normalized spacial score (nSPS) is 15.9. The van der Waals surface area contributed by atoms with Gasteiger partial charge in [-0.1, -0.05) is 83.7 Å². The quantitative estimate of drug-likeness (QED) is 0.229. The first kappa shape index (κ1) is 26.8. The van der Waals surface area contributed by atoms with Gasteiger partial charge in [-0.25, -0.2) is 4.68 Å². The Bertz CT molecular complexity index is 1440. The Labute approximate surface area is 237 Å². The molecule has 4 aromatic rings. The molecule has 196 valence electrons. The van der Waals surface area contributed by atoms with E-state index in [0.717, 1.165) is 54.5 Å². The van der Waals surface area contributed by atoms with Gasteiger partial charge in [-0.3, -0.25) is 4.79 Å². The van der Waals surface area contributed by atoms with E-state index < -0.39 is 6.04 Å². The SMILES string of the molecule is O=C(N[C@H](CO)c1ccccc1)c1nn(-c2ccc(Cl)cc2Cl)c2c1CCCC[C@@H]2Cc1cccc(Cl)c1. The van der Waals surface area contributed by atoms with E-state index in [1.165, 1.54) is 0 Å². The molecular weight excluding hydrogens is 541 g/mol. The van der Waals surface area contributed by atoms with Crippen molar-refractivity contribution in [1.29, 1.82) is 0 Å². The molecule has 8 heteroatoms.